The van der Waals surface area contributed by atoms with E-state index in [1.54, 1.807) is 22.8 Å². The molecule has 2 aromatic rings. The number of amides is 2. The van der Waals surface area contributed by atoms with Crippen molar-refractivity contribution in [3.8, 4) is 0 Å². The molecule has 1 aromatic heterocycles. The number of nitrogens with one attached hydrogen (secondary N) is 1. The van der Waals surface area contributed by atoms with Gasteiger partial charge < -0.3 is 14.8 Å². The van der Waals surface area contributed by atoms with Crippen LogP contribution in [-0.2, 0) is 13.1 Å². The van der Waals surface area contributed by atoms with Gasteiger partial charge in [-0.05, 0) is 12.5 Å². The van der Waals surface area contributed by atoms with Crippen molar-refractivity contribution in [3.05, 3.63) is 53.6 Å². The number of imidazole rings is 1. The van der Waals surface area contributed by atoms with Crippen molar-refractivity contribution in [1.29, 1.82) is 0 Å². The van der Waals surface area contributed by atoms with Crippen LogP contribution in [0.5, 0.6) is 0 Å². The molecule has 2 amide bonds. The molecule has 0 radical (unpaired) electrons. The SMILES string of the molecule is C[C@H]1Cn2cnc(C(=O)N(C)Cc3ccccc3)c2C(=O)N1. The first-order chi connectivity index (χ1) is 10.6. The van der Waals surface area contributed by atoms with Gasteiger partial charge in [-0.1, -0.05) is 30.3 Å². The molecule has 114 valence electrons. The molecule has 1 N–H and O–H groups in total. The minimum Gasteiger partial charge on any atom is -0.346 e. The lowest BCUT2D eigenvalue weighted by Crippen LogP contribution is -2.43. The van der Waals surface area contributed by atoms with Crippen LogP contribution in [0.15, 0.2) is 36.7 Å². The largest absolute Gasteiger partial charge is 0.346 e. The van der Waals surface area contributed by atoms with E-state index in [1.165, 1.54) is 0 Å². The summed E-state index contributed by atoms with van der Waals surface area (Å²) in [5, 5.41) is 2.83. The first-order valence-corrected chi connectivity index (χ1v) is 7.21. The quantitative estimate of drug-likeness (QED) is 0.928. The highest BCUT2D eigenvalue weighted by Crippen LogP contribution is 2.16. The summed E-state index contributed by atoms with van der Waals surface area (Å²) in [7, 11) is 1.71. The molecule has 0 aliphatic carbocycles. The summed E-state index contributed by atoms with van der Waals surface area (Å²) >= 11 is 0. The molecule has 0 spiro atoms. The minimum absolute atomic E-state index is 0.0409. The summed E-state index contributed by atoms with van der Waals surface area (Å²) in [5.74, 6) is -0.491. The molecular weight excluding hydrogens is 280 g/mol. The predicted octanol–water partition coefficient (Wildman–Crippen LogP) is 1.29. The summed E-state index contributed by atoms with van der Waals surface area (Å²) in [6, 6.07) is 9.76. The number of fused-ring (bicyclic) bond motifs is 1. The number of carbonyl (C=O) groups is 2. The molecule has 22 heavy (non-hydrogen) atoms. The van der Waals surface area contributed by atoms with Crippen LogP contribution in [0.4, 0.5) is 0 Å². The fourth-order valence-corrected chi connectivity index (χ4v) is 2.66. The Morgan fingerprint density at radius 3 is 2.86 bits per heavy atom. The van der Waals surface area contributed by atoms with Gasteiger partial charge in [0, 0.05) is 26.2 Å². The molecule has 1 aromatic carbocycles. The minimum atomic E-state index is -0.248. The number of rotatable bonds is 3. The van der Waals surface area contributed by atoms with Crippen molar-refractivity contribution in [1.82, 2.24) is 19.8 Å². The van der Waals surface area contributed by atoms with Crippen LogP contribution in [0.2, 0.25) is 0 Å². The van der Waals surface area contributed by atoms with Gasteiger partial charge in [0.2, 0.25) is 0 Å². The zero-order chi connectivity index (χ0) is 15.7. The van der Waals surface area contributed by atoms with Gasteiger partial charge in [0.1, 0.15) is 5.69 Å². The smallest absolute Gasteiger partial charge is 0.274 e. The van der Waals surface area contributed by atoms with Gasteiger partial charge in [-0.25, -0.2) is 4.98 Å². The third kappa shape index (κ3) is 2.59. The third-order valence-electron chi connectivity index (χ3n) is 3.71. The second-order valence-electron chi connectivity index (χ2n) is 5.62. The summed E-state index contributed by atoms with van der Waals surface area (Å²) in [5.41, 5.74) is 1.59. The van der Waals surface area contributed by atoms with Crippen molar-refractivity contribution < 1.29 is 9.59 Å². The van der Waals surface area contributed by atoms with E-state index in [1.807, 2.05) is 37.3 Å². The van der Waals surface area contributed by atoms with Gasteiger partial charge in [0.15, 0.2) is 5.69 Å². The van der Waals surface area contributed by atoms with E-state index in [9.17, 15) is 9.59 Å². The third-order valence-corrected chi connectivity index (χ3v) is 3.71. The van der Waals surface area contributed by atoms with Crippen molar-refractivity contribution in [2.24, 2.45) is 0 Å². The fraction of sp³-hybridized carbons (Fsp3) is 0.312. The molecule has 2 heterocycles. The zero-order valence-corrected chi connectivity index (χ0v) is 12.6. The number of benzene rings is 1. The summed E-state index contributed by atoms with van der Waals surface area (Å²) in [4.78, 5) is 30.4. The Balaban J connectivity index is 1.83. The van der Waals surface area contributed by atoms with Gasteiger partial charge in [0.25, 0.3) is 11.8 Å². The Morgan fingerprint density at radius 1 is 1.41 bits per heavy atom. The van der Waals surface area contributed by atoms with E-state index in [4.69, 9.17) is 0 Å². The molecule has 3 rings (SSSR count). The number of carbonyl (C=O) groups excluding carboxylic acids is 2. The van der Waals surface area contributed by atoms with E-state index in [-0.39, 0.29) is 23.6 Å². The Bertz CT molecular complexity index is 708. The molecule has 0 fully saturated rings. The second kappa shape index (κ2) is 5.63. The average Bonchev–Trinajstić information content (AvgIpc) is 2.91. The van der Waals surface area contributed by atoms with Crippen LogP contribution in [0.25, 0.3) is 0 Å². The Labute approximate surface area is 128 Å². The van der Waals surface area contributed by atoms with E-state index >= 15 is 0 Å². The summed E-state index contributed by atoms with van der Waals surface area (Å²) in [6.07, 6.45) is 1.56. The predicted molar refractivity (Wildman–Crippen MR) is 81.4 cm³/mol. The molecule has 1 aliphatic rings. The van der Waals surface area contributed by atoms with Crippen LogP contribution in [0.3, 0.4) is 0 Å². The first kappa shape index (κ1) is 14.3. The molecule has 6 heteroatoms. The Morgan fingerprint density at radius 2 is 2.14 bits per heavy atom. The van der Waals surface area contributed by atoms with Crippen molar-refractivity contribution in [3.63, 3.8) is 0 Å². The standard InChI is InChI=1S/C16H18N4O2/c1-11-8-20-10-17-13(14(20)15(21)18-11)16(22)19(2)9-12-6-4-3-5-7-12/h3-7,10-11H,8-9H2,1-2H3,(H,18,21)/t11-/m0/s1. The topological polar surface area (TPSA) is 67.2 Å². The highest BCUT2D eigenvalue weighted by Gasteiger charge is 2.30. The highest BCUT2D eigenvalue weighted by molar-refractivity contribution is 6.05. The van der Waals surface area contributed by atoms with Gasteiger partial charge >= 0.3 is 0 Å². The van der Waals surface area contributed by atoms with E-state index in [2.05, 4.69) is 10.3 Å². The van der Waals surface area contributed by atoms with E-state index < -0.39 is 0 Å². The number of hydrogen-bond acceptors (Lipinski definition) is 3. The molecular formula is C16H18N4O2. The monoisotopic (exact) mass is 298 g/mol. The maximum Gasteiger partial charge on any atom is 0.274 e. The maximum atomic E-state index is 12.6. The van der Waals surface area contributed by atoms with Crippen LogP contribution in [0.1, 0.15) is 33.5 Å². The molecule has 0 saturated heterocycles. The maximum absolute atomic E-state index is 12.6. The van der Waals surface area contributed by atoms with Crippen LogP contribution >= 0.6 is 0 Å². The molecule has 1 atom stereocenters. The van der Waals surface area contributed by atoms with Gasteiger partial charge in [0.05, 0.1) is 6.33 Å². The lowest BCUT2D eigenvalue weighted by atomic mass is 10.1. The van der Waals surface area contributed by atoms with E-state index in [0.29, 0.717) is 18.8 Å². The van der Waals surface area contributed by atoms with Crippen molar-refractivity contribution in [2.45, 2.75) is 26.1 Å². The Hall–Kier alpha value is -2.63. The normalized spacial score (nSPS) is 16.8. The first-order valence-electron chi connectivity index (χ1n) is 7.21. The highest BCUT2D eigenvalue weighted by atomic mass is 16.2. The lowest BCUT2D eigenvalue weighted by Gasteiger charge is -2.23. The number of hydrogen-bond donors (Lipinski definition) is 1. The molecule has 0 saturated carbocycles. The summed E-state index contributed by atoms with van der Waals surface area (Å²) in [6.45, 7) is 3.03. The van der Waals surface area contributed by atoms with Crippen molar-refractivity contribution >= 4 is 11.8 Å². The number of aromatic nitrogens is 2. The van der Waals surface area contributed by atoms with E-state index in [0.717, 1.165) is 5.56 Å². The fourth-order valence-electron chi connectivity index (χ4n) is 2.66. The second-order valence-corrected chi connectivity index (χ2v) is 5.62. The number of nitrogens with zero attached hydrogens (tertiary/aromatic N) is 3. The van der Waals surface area contributed by atoms with Crippen LogP contribution in [0, 0.1) is 0 Å². The van der Waals surface area contributed by atoms with Crippen molar-refractivity contribution in [2.75, 3.05) is 7.05 Å². The zero-order valence-electron chi connectivity index (χ0n) is 12.6. The van der Waals surface area contributed by atoms with Gasteiger partial charge in [-0.2, -0.15) is 0 Å². The molecule has 1 aliphatic heterocycles. The Kier molecular flexibility index (Phi) is 3.66. The molecule has 0 unspecified atom stereocenters. The van der Waals surface area contributed by atoms with Crippen LogP contribution < -0.4 is 5.32 Å². The lowest BCUT2D eigenvalue weighted by molar-refractivity contribution is 0.0768. The van der Waals surface area contributed by atoms with Gasteiger partial charge in [-0.15, -0.1) is 0 Å². The average molecular weight is 298 g/mol. The van der Waals surface area contributed by atoms with Gasteiger partial charge in [-0.3, -0.25) is 9.59 Å². The summed E-state index contributed by atoms with van der Waals surface area (Å²) < 4.78 is 1.74. The molecule has 0 bridgehead atoms. The molecule has 6 nitrogen and oxygen atoms in total. The van der Waals surface area contributed by atoms with Crippen LogP contribution in [-0.4, -0.2) is 39.4 Å².